The van der Waals surface area contributed by atoms with E-state index in [1.54, 1.807) is 36.4 Å². The van der Waals surface area contributed by atoms with Crippen LogP contribution in [0, 0.1) is 0 Å². The van der Waals surface area contributed by atoms with Crippen molar-refractivity contribution < 1.29 is 23.0 Å². The molecule has 0 spiro atoms. The summed E-state index contributed by atoms with van der Waals surface area (Å²) in [5.41, 5.74) is 2.52. The highest BCUT2D eigenvalue weighted by Gasteiger charge is 2.32. The first-order chi connectivity index (χ1) is 13.6. The largest absolute Gasteiger partial charge is 0.480 e. The highest BCUT2D eigenvalue weighted by molar-refractivity contribution is 6.14. The lowest BCUT2D eigenvalue weighted by molar-refractivity contribution is -0.0498. The second kappa shape index (κ2) is 7.64. The summed E-state index contributed by atoms with van der Waals surface area (Å²) in [7, 11) is 0. The van der Waals surface area contributed by atoms with Gasteiger partial charge in [0.1, 0.15) is 11.5 Å². The molecule has 0 radical (unpaired) electrons. The van der Waals surface area contributed by atoms with Crippen LogP contribution in [0.15, 0.2) is 84.4 Å². The van der Waals surface area contributed by atoms with Crippen molar-refractivity contribution in [1.29, 1.82) is 0 Å². The van der Waals surface area contributed by atoms with Gasteiger partial charge in [-0.15, -0.1) is 0 Å². The van der Waals surface area contributed by atoms with Crippen LogP contribution in [-0.4, -0.2) is 12.4 Å². The van der Waals surface area contributed by atoms with Gasteiger partial charge in [-0.25, -0.2) is 0 Å². The van der Waals surface area contributed by atoms with Crippen molar-refractivity contribution >= 4 is 11.9 Å². The quantitative estimate of drug-likeness (QED) is 0.547. The van der Waals surface area contributed by atoms with Crippen molar-refractivity contribution in [2.45, 2.75) is 12.7 Å². The predicted octanol–water partition coefficient (Wildman–Crippen LogP) is 5.69. The van der Waals surface area contributed by atoms with Gasteiger partial charge in [0.2, 0.25) is 0 Å². The number of hydrogen-bond donors (Lipinski definition) is 0. The first kappa shape index (κ1) is 17.9. The fourth-order valence-electron chi connectivity index (χ4n) is 3.16. The number of para-hydroxylation sites is 1. The van der Waals surface area contributed by atoms with Gasteiger partial charge in [0.05, 0.1) is 5.56 Å². The van der Waals surface area contributed by atoms with Crippen molar-refractivity contribution in [2.24, 2.45) is 0 Å². The maximum Gasteiger partial charge on any atom is 0.387 e. The van der Waals surface area contributed by atoms with E-state index in [2.05, 4.69) is 4.74 Å². The van der Waals surface area contributed by atoms with Crippen molar-refractivity contribution in [2.75, 3.05) is 0 Å². The van der Waals surface area contributed by atoms with Crippen LogP contribution in [0.25, 0.3) is 6.08 Å². The molecule has 28 heavy (non-hydrogen) atoms. The number of hydrogen-bond acceptors (Lipinski definition) is 3. The van der Waals surface area contributed by atoms with Crippen molar-refractivity contribution in [3.8, 4) is 11.5 Å². The van der Waals surface area contributed by atoms with Gasteiger partial charge in [0, 0.05) is 5.57 Å². The molecular formula is C23H16F2O3. The molecule has 1 aliphatic rings. The molecule has 5 heteroatoms. The summed E-state index contributed by atoms with van der Waals surface area (Å²) >= 11 is 0. The Morgan fingerprint density at radius 1 is 0.893 bits per heavy atom. The lowest BCUT2D eigenvalue weighted by atomic mass is 9.89. The van der Waals surface area contributed by atoms with E-state index in [9.17, 15) is 13.6 Å². The Kier molecular flexibility index (Phi) is 4.89. The van der Waals surface area contributed by atoms with E-state index in [1.165, 1.54) is 12.1 Å². The van der Waals surface area contributed by atoms with Crippen LogP contribution in [0.5, 0.6) is 11.5 Å². The molecule has 3 aromatic rings. The Hall–Kier alpha value is -3.47. The van der Waals surface area contributed by atoms with E-state index < -0.39 is 12.7 Å². The summed E-state index contributed by atoms with van der Waals surface area (Å²) in [5.74, 6) is 0.483. The van der Waals surface area contributed by atoms with Crippen LogP contribution < -0.4 is 9.47 Å². The fraction of sp³-hybridized carbons (Fsp3) is 0.0870. The Morgan fingerprint density at radius 3 is 2.29 bits per heavy atom. The SMILES string of the molecule is O=C1C(=Cc2ccc(OC(F)F)cc2)C(c2ccccc2)Oc2ccccc21. The van der Waals surface area contributed by atoms with Gasteiger partial charge in [0.25, 0.3) is 0 Å². The van der Waals surface area contributed by atoms with Crippen molar-refractivity contribution in [3.05, 3.63) is 101 Å². The lowest BCUT2D eigenvalue weighted by Crippen LogP contribution is -2.23. The van der Waals surface area contributed by atoms with Crippen molar-refractivity contribution in [3.63, 3.8) is 0 Å². The molecule has 1 aliphatic heterocycles. The monoisotopic (exact) mass is 378 g/mol. The number of halogens is 2. The van der Waals surface area contributed by atoms with Gasteiger partial charge in [-0.1, -0.05) is 54.6 Å². The maximum atomic E-state index is 13.1. The smallest absolute Gasteiger partial charge is 0.387 e. The number of fused-ring (bicyclic) bond motifs is 1. The number of ketones is 1. The first-order valence-electron chi connectivity index (χ1n) is 8.73. The molecule has 140 valence electrons. The molecule has 3 aromatic carbocycles. The van der Waals surface area contributed by atoms with E-state index in [0.717, 1.165) is 5.56 Å². The zero-order valence-corrected chi connectivity index (χ0v) is 14.7. The highest BCUT2D eigenvalue weighted by Crippen LogP contribution is 2.39. The normalized spacial score (nSPS) is 17.3. The van der Waals surface area contributed by atoms with Crippen LogP contribution in [-0.2, 0) is 0 Å². The second-order valence-electron chi connectivity index (χ2n) is 6.28. The summed E-state index contributed by atoms with van der Waals surface area (Å²) in [4.78, 5) is 13.1. The number of benzene rings is 3. The zero-order valence-electron chi connectivity index (χ0n) is 14.7. The lowest BCUT2D eigenvalue weighted by Gasteiger charge is -2.28. The van der Waals surface area contributed by atoms with Gasteiger partial charge < -0.3 is 9.47 Å². The molecule has 0 aliphatic carbocycles. The Morgan fingerprint density at radius 2 is 1.57 bits per heavy atom. The molecule has 1 unspecified atom stereocenters. The topological polar surface area (TPSA) is 35.5 Å². The third kappa shape index (κ3) is 3.64. The molecule has 3 nitrogen and oxygen atoms in total. The van der Waals surface area contributed by atoms with Gasteiger partial charge in [-0.05, 0) is 41.5 Å². The summed E-state index contributed by atoms with van der Waals surface area (Å²) in [6.45, 7) is -2.88. The minimum absolute atomic E-state index is 0.0633. The van der Waals surface area contributed by atoms with Gasteiger partial charge in [-0.2, -0.15) is 8.78 Å². The minimum atomic E-state index is -2.88. The highest BCUT2D eigenvalue weighted by atomic mass is 19.3. The average molecular weight is 378 g/mol. The molecule has 0 aromatic heterocycles. The Balaban J connectivity index is 1.75. The number of Topliss-reactive ketones (excluding diaryl/α,β-unsaturated/α-hetero) is 1. The minimum Gasteiger partial charge on any atom is -0.480 e. The van der Waals surface area contributed by atoms with Crippen LogP contribution in [0.2, 0.25) is 0 Å². The third-order valence-electron chi connectivity index (χ3n) is 4.45. The molecule has 0 saturated carbocycles. The molecule has 0 amide bonds. The molecule has 4 rings (SSSR count). The van der Waals surface area contributed by atoms with E-state index in [-0.39, 0.29) is 11.5 Å². The number of rotatable bonds is 4. The maximum absolute atomic E-state index is 13.1. The average Bonchev–Trinajstić information content (AvgIpc) is 2.71. The number of carbonyl (C=O) groups is 1. The van der Waals surface area contributed by atoms with E-state index in [0.29, 0.717) is 22.4 Å². The molecule has 0 fully saturated rings. The third-order valence-corrected chi connectivity index (χ3v) is 4.45. The standard InChI is InChI=1S/C23H16F2O3/c24-23(25)27-17-12-10-15(11-13-17)14-19-21(26)18-8-4-5-9-20(18)28-22(19)16-6-2-1-3-7-16/h1-14,22-23H. The summed E-state index contributed by atoms with van der Waals surface area (Å²) in [6.07, 6.45) is 1.17. The molecule has 0 bridgehead atoms. The molecule has 1 heterocycles. The number of alkyl halides is 2. The van der Waals surface area contributed by atoms with E-state index >= 15 is 0 Å². The summed E-state index contributed by atoms with van der Waals surface area (Å²) in [5, 5.41) is 0. The zero-order chi connectivity index (χ0) is 19.5. The van der Waals surface area contributed by atoms with Crippen LogP contribution in [0.1, 0.15) is 27.6 Å². The van der Waals surface area contributed by atoms with Gasteiger partial charge >= 0.3 is 6.61 Å². The number of carbonyl (C=O) groups excluding carboxylic acids is 1. The number of ether oxygens (including phenoxy) is 2. The first-order valence-corrected chi connectivity index (χ1v) is 8.73. The second-order valence-corrected chi connectivity index (χ2v) is 6.28. The summed E-state index contributed by atoms with van der Waals surface area (Å²) < 4.78 is 35.2. The van der Waals surface area contributed by atoms with E-state index in [1.807, 2.05) is 36.4 Å². The molecule has 0 saturated heterocycles. The summed E-state index contributed by atoms with van der Waals surface area (Å²) in [6, 6.07) is 22.7. The van der Waals surface area contributed by atoms with Crippen LogP contribution in [0.3, 0.4) is 0 Å². The van der Waals surface area contributed by atoms with Crippen LogP contribution in [0.4, 0.5) is 8.78 Å². The van der Waals surface area contributed by atoms with Gasteiger partial charge in [-0.3, -0.25) is 4.79 Å². The Labute approximate surface area is 160 Å². The van der Waals surface area contributed by atoms with Crippen molar-refractivity contribution in [1.82, 2.24) is 0 Å². The van der Waals surface area contributed by atoms with E-state index in [4.69, 9.17) is 4.74 Å². The molecule has 1 atom stereocenters. The molecular weight excluding hydrogens is 362 g/mol. The molecule has 0 N–H and O–H groups in total. The Bertz CT molecular complexity index is 1010. The fourth-order valence-corrected chi connectivity index (χ4v) is 3.16. The van der Waals surface area contributed by atoms with Crippen LogP contribution >= 0.6 is 0 Å². The predicted molar refractivity (Wildman–Crippen MR) is 102 cm³/mol. The van der Waals surface area contributed by atoms with Gasteiger partial charge in [0.15, 0.2) is 11.9 Å².